The first-order valence-electron chi connectivity index (χ1n) is 5.44. The van der Waals surface area contributed by atoms with Crippen LogP contribution in [-0.2, 0) is 0 Å². The van der Waals surface area contributed by atoms with E-state index in [0.29, 0.717) is 17.4 Å². The Morgan fingerprint density at radius 3 is 2.71 bits per heavy atom. The van der Waals surface area contributed by atoms with Gasteiger partial charge in [-0.1, -0.05) is 18.2 Å². The lowest BCUT2D eigenvalue weighted by Gasteiger charge is -1.95. The van der Waals surface area contributed by atoms with Gasteiger partial charge in [0.05, 0.1) is 12.2 Å². The average Bonchev–Trinajstić information content (AvgIpc) is 2.95. The summed E-state index contributed by atoms with van der Waals surface area (Å²) in [6.45, 7) is 1.83. The van der Waals surface area contributed by atoms with Crippen molar-refractivity contribution in [2.24, 2.45) is 5.73 Å². The van der Waals surface area contributed by atoms with Crippen LogP contribution in [0.25, 0.3) is 22.5 Å². The molecule has 2 aromatic heterocycles. The zero-order chi connectivity index (χ0) is 11.8. The van der Waals surface area contributed by atoms with Crippen molar-refractivity contribution in [1.82, 2.24) is 4.98 Å². The fourth-order valence-electron chi connectivity index (χ4n) is 1.72. The minimum Gasteiger partial charge on any atom is -0.453 e. The van der Waals surface area contributed by atoms with Crippen molar-refractivity contribution in [2.75, 3.05) is 0 Å². The predicted octanol–water partition coefficient (Wildman–Crippen LogP) is 3.11. The van der Waals surface area contributed by atoms with E-state index in [1.165, 1.54) is 0 Å². The summed E-state index contributed by atoms with van der Waals surface area (Å²) >= 11 is 0. The van der Waals surface area contributed by atoms with Gasteiger partial charge in [0.25, 0.3) is 0 Å². The van der Waals surface area contributed by atoms with Crippen LogP contribution >= 0.6 is 0 Å². The number of hydrogen-bond acceptors (Lipinski definition) is 4. The normalized spacial score (nSPS) is 13.1. The second-order valence-electron chi connectivity index (χ2n) is 4.00. The van der Waals surface area contributed by atoms with Crippen molar-refractivity contribution >= 4 is 11.0 Å². The Labute approximate surface area is 98.0 Å². The molecule has 0 aliphatic heterocycles. The van der Waals surface area contributed by atoms with Crippen LogP contribution in [0.2, 0.25) is 0 Å². The maximum absolute atomic E-state index is 5.69. The molecule has 0 aliphatic carbocycles. The van der Waals surface area contributed by atoms with Gasteiger partial charge in [0.1, 0.15) is 5.58 Å². The Morgan fingerprint density at radius 2 is 2.00 bits per heavy atom. The first-order valence-corrected chi connectivity index (χ1v) is 5.44. The molecule has 1 atom stereocenters. The van der Waals surface area contributed by atoms with E-state index >= 15 is 0 Å². The van der Waals surface area contributed by atoms with Gasteiger partial charge >= 0.3 is 0 Å². The Hall–Kier alpha value is -2.07. The molecule has 2 N–H and O–H groups in total. The van der Waals surface area contributed by atoms with Crippen molar-refractivity contribution in [3.05, 3.63) is 42.4 Å². The van der Waals surface area contributed by atoms with Gasteiger partial charge in [0.2, 0.25) is 5.89 Å². The number of benzene rings is 1. The van der Waals surface area contributed by atoms with Crippen molar-refractivity contribution in [1.29, 1.82) is 0 Å². The van der Waals surface area contributed by atoms with E-state index in [9.17, 15) is 0 Å². The highest BCUT2D eigenvalue weighted by atomic mass is 16.4. The van der Waals surface area contributed by atoms with Crippen molar-refractivity contribution in [2.45, 2.75) is 13.0 Å². The number of nitrogens with two attached hydrogens (primary N) is 1. The van der Waals surface area contributed by atoms with E-state index in [2.05, 4.69) is 4.98 Å². The standard InChI is InChI=1S/C13H12N2O2/c1-8(14)13-15-7-12(17-13)11-6-9-4-2-3-5-10(9)16-11/h2-8H,14H2,1H3. The molecule has 0 saturated carbocycles. The van der Waals surface area contributed by atoms with Gasteiger partial charge in [-0.25, -0.2) is 4.98 Å². The van der Waals surface area contributed by atoms with Crippen molar-refractivity contribution in [3.8, 4) is 11.5 Å². The molecule has 0 bridgehead atoms. The van der Waals surface area contributed by atoms with Crippen LogP contribution in [0.15, 0.2) is 45.4 Å². The maximum atomic E-state index is 5.69. The van der Waals surface area contributed by atoms with Crippen molar-refractivity contribution < 1.29 is 8.83 Å². The molecule has 0 aliphatic rings. The van der Waals surface area contributed by atoms with E-state index in [0.717, 1.165) is 11.0 Å². The third kappa shape index (κ3) is 1.72. The lowest BCUT2D eigenvalue weighted by Crippen LogP contribution is -2.04. The number of para-hydroxylation sites is 1. The van der Waals surface area contributed by atoms with Gasteiger partial charge in [-0.05, 0) is 19.1 Å². The Morgan fingerprint density at radius 1 is 1.18 bits per heavy atom. The van der Waals surface area contributed by atoms with E-state index in [1.807, 2.05) is 37.3 Å². The SMILES string of the molecule is CC(N)c1ncc(-c2cc3ccccc3o2)o1. The molecule has 0 radical (unpaired) electrons. The third-order valence-corrected chi connectivity index (χ3v) is 2.58. The number of hydrogen-bond donors (Lipinski definition) is 1. The molecule has 4 heteroatoms. The largest absolute Gasteiger partial charge is 0.453 e. The van der Waals surface area contributed by atoms with E-state index < -0.39 is 0 Å². The fourth-order valence-corrected chi connectivity index (χ4v) is 1.72. The summed E-state index contributed by atoms with van der Waals surface area (Å²) in [5.74, 6) is 1.79. The van der Waals surface area contributed by atoms with Crippen LogP contribution in [0.5, 0.6) is 0 Å². The highest BCUT2D eigenvalue weighted by Crippen LogP contribution is 2.28. The molecule has 4 nitrogen and oxygen atoms in total. The molecule has 17 heavy (non-hydrogen) atoms. The number of oxazole rings is 1. The zero-order valence-electron chi connectivity index (χ0n) is 9.38. The third-order valence-electron chi connectivity index (χ3n) is 2.58. The molecule has 0 amide bonds. The average molecular weight is 228 g/mol. The number of fused-ring (bicyclic) bond motifs is 1. The van der Waals surface area contributed by atoms with E-state index in [1.54, 1.807) is 6.20 Å². The molecule has 0 spiro atoms. The van der Waals surface area contributed by atoms with Gasteiger partial charge in [-0.2, -0.15) is 0 Å². The maximum Gasteiger partial charge on any atom is 0.211 e. The molecule has 1 unspecified atom stereocenters. The Kier molecular flexibility index (Phi) is 2.23. The second kappa shape index (κ2) is 3.75. The minimum absolute atomic E-state index is 0.215. The van der Waals surface area contributed by atoms with Crippen LogP contribution < -0.4 is 5.73 Å². The summed E-state index contributed by atoms with van der Waals surface area (Å²) in [5, 5.41) is 1.04. The van der Waals surface area contributed by atoms with Crippen molar-refractivity contribution in [3.63, 3.8) is 0 Å². The van der Waals surface area contributed by atoms with E-state index in [-0.39, 0.29) is 6.04 Å². The van der Waals surface area contributed by atoms with Gasteiger partial charge in [-0.15, -0.1) is 0 Å². The van der Waals surface area contributed by atoms with Gasteiger partial charge < -0.3 is 14.6 Å². The monoisotopic (exact) mass is 228 g/mol. The predicted molar refractivity (Wildman–Crippen MR) is 64.3 cm³/mol. The molecular formula is C13H12N2O2. The number of aromatic nitrogens is 1. The van der Waals surface area contributed by atoms with Gasteiger partial charge in [-0.3, -0.25) is 0 Å². The highest BCUT2D eigenvalue weighted by Gasteiger charge is 2.13. The summed E-state index contributed by atoms with van der Waals surface area (Å²) < 4.78 is 11.2. The lowest BCUT2D eigenvalue weighted by molar-refractivity contribution is 0.461. The zero-order valence-corrected chi connectivity index (χ0v) is 9.38. The molecular weight excluding hydrogens is 216 g/mol. The molecule has 86 valence electrons. The van der Waals surface area contributed by atoms with Crippen LogP contribution in [0.4, 0.5) is 0 Å². The number of rotatable bonds is 2. The smallest absolute Gasteiger partial charge is 0.211 e. The topological polar surface area (TPSA) is 65.2 Å². The molecule has 3 rings (SSSR count). The summed E-state index contributed by atoms with van der Waals surface area (Å²) in [7, 11) is 0. The van der Waals surface area contributed by atoms with Gasteiger partial charge in [0, 0.05) is 5.39 Å². The first-order chi connectivity index (χ1) is 8.24. The Balaban J connectivity index is 2.07. The van der Waals surface area contributed by atoms with E-state index in [4.69, 9.17) is 14.6 Å². The highest BCUT2D eigenvalue weighted by molar-refractivity contribution is 5.81. The van der Waals surface area contributed by atoms with Crippen LogP contribution in [0.1, 0.15) is 18.9 Å². The van der Waals surface area contributed by atoms with Crippen LogP contribution in [0.3, 0.4) is 0 Å². The Bertz CT molecular complexity index is 619. The van der Waals surface area contributed by atoms with Gasteiger partial charge in [0.15, 0.2) is 11.5 Å². The van der Waals surface area contributed by atoms with Crippen LogP contribution in [0, 0.1) is 0 Å². The second-order valence-corrected chi connectivity index (χ2v) is 4.00. The minimum atomic E-state index is -0.215. The number of nitrogens with zero attached hydrogens (tertiary/aromatic N) is 1. The summed E-state index contributed by atoms with van der Waals surface area (Å²) in [4.78, 5) is 4.11. The quantitative estimate of drug-likeness (QED) is 0.731. The summed E-state index contributed by atoms with van der Waals surface area (Å²) in [6.07, 6.45) is 1.64. The molecule has 2 heterocycles. The lowest BCUT2D eigenvalue weighted by atomic mass is 10.2. The summed E-state index contributed by atoms with van der Waals surface area (Å²) in [6, 6.07) is 9.53. The first kappa shape index (κ1) is 10.1. The number of furan rings is 1. The van der Waals surface area contributed by atoms with Crippen LogP contribution in [-0.4, -0.2) is 4.98 Å². The molecule has 0 fully saturated rings. The molecule has 3 aromatic rings. The molecule has 0 saturated heterocycles. The molecule has 1 aromatic carbocycles. The summed E-state index contributed by atoms with van der Waals surface area (Å²) in [5.41, 5.74) is 6.53. The fraction of sp³-hybridized carbons (Fsp3) is 0.154.